The molecule has 4 rings (SSSR count). The van der Waals surface area contributed by atoms with E-state index in [9.17, 15) is 4.79 Å². The molecule has 0 aliphatic rings. The lowest BCUT2D eigenvalue weighted by Gasteiger charge is -2.16. The summed E-state index contributed by atoms with van der Waals surface area (Å²) in [7, 11) is 1.77. The highest BCUT2D eigenvalue weighted by atomic mass is 32.2. The Morgan fingerprint density at radius 3 is 2.79 bits per heavy atom. The molecular formula is C21H19N3O2S2. The highest BCUT2D eigenvalue weighted by molar-refractivity contribution is 8.00. The van der Waals surface area contributed by atoms with Gasteiger partial charge in [0, 0.05) is 41.0 Å². The number of pyridine rings is 1. The van der Waals surface area contributed by atoms with Crippen LogP contribution in [0.3, 0.4) is 0 Å². The molecule has 0 aliphatic carbocycles. The van der Waals surface area contributed by atoms with Crippen molar-refractivity contribution < 1.29 is 9.21 Å². The molecule has 0 unspecified atom stereocenters. The van der Waals surface area contributed by atoms with Crippen LogP contribution < -0.4 is 0 Å². The van der Waals surface area contributed by atoms with Crippen LogP contribution in [0.5, 0.6) is 0 Å². The Bertz CT molecular complexity index is 1110. The molecule has 28 heavy (non-hydrogen) atoms. The summed E-state index contributed by atoms with van der Waals surface area (Å²) in [5, 5.41) is 3.00. The summed E-state index contributed by atoms with van der Waals surface area (Å²) in [6, 6.07) is 13.5. The van der Waals surface area contributed by atoms with Crippen LogP contribution in [0.2, 0.25) is 0 Å². The number of para-hydroxylation sites is 1. The summed E-state index contributed by atoms with van der Waals surface area (Å²) in [5.41, 5.74) is 3.48. The molecule has 0 spiro atoms. The Morgan fingerprint density at radius 2 is 2.04 bits per heavy atom. The van der Waals surface area contributed by atoms with Crippen molar-refractivity contribution in [3.63, 3.8) is 0 Å². The molecule has 0 N–H and O–H groups in total. The molecular weight excluding hydrogens is 390 g/mol. The maximum atomic E-state index is 13.1. The number of amides is 1. The maximum absolute atomic E-state index is 13.1. The second-order valence-corrected chi connectivity index (χ2v) is 8.51. The van der Waals surface area contributed by atoms with Crippen molar-refractivity contribution in [3.8, 4) is 0 Å². The van der Waals surface area contributed by atoms with Crippen molar-refractivity contribution in [1.82, 2.24) is 14.9 Å². The summed E-state index contributed by atoms with van der Waals surface area (Å²) >= 11 is 3.24. The first-order chi connectivity index (χ1) is 13.6. The van der Waals surface area contributed by atoms with Crippen LogP contribution in [0.1, 0.15) is 27.5 Å². The number of aryl methyl sites for hydroxylation is 1. The second-order valence-electron chi connectivity index (χ2n) is 6.43. The molecule has 5 nitrogen and oxygen atoms in total. The average Bonchev–Trinajstić information content (AvgIpc) is 3.29. The van der Waals surface area contributed by atoms with E-state index in [1.54, 1.807) is 41.2 Å². The van der Waals surface area contributed by atoms with Gasteiger partial charge in [0.25, 0.3) is 5.91 Å². The first-order valence-corrected chi connectivity index (χ1v) is 10.7. The molecule has 1 aromatic carbocycles. The van der Waals surface area contributed by atoms with Crippen LogP contribution in [0, 0.1) is 6.92 Å². The molecule has 3 heterocycles. The highest BCUT2D eigenvalue weighted by Crippen LogP contribution is 2.33. The van der Waals surface area contributed by atoms with Gasteiger partial charge in [0.15, 0.2) is 5.76 Å². The molecule has 0 aliphatic heterocycles. The Kier molecular flexibility index (Phi) is 5.45. The van der Waals surface area contributed by atoms with E-state index in [2.05, 4.69) is 9.97 Å². The number of benzene rings is 1. The quantitative estimate of drug-likeness (QED) is 0.412. The standard InChI is InChI=1S/C21H19N3O2S2/c1-14-12-27-21(23-14)28-13-17-16-8-3-4-9-18(16)26-19(17)20(25)24(2)11-15-7-5-6-10-22-15/h3-10,12H,11,13H2,1-2H3. The number of carbonyl (C=O) groups excluding carboxylic acids is 1. The van der Waals surface area contributed by atoms with Gasteiger partial charge in [-0.15, -0.1) is 11.3 Å². The molecule has 0 saturated carbocycles. The largest absolute Gasteiger partial charge is 0.451 e. The monoisotopic (exact) mass is 409 g/mol. The molecule has 3 aromatic heterocycles. The smallest absolute Gasteiger partial charge is 0.290 e. The van der Waals surface area contributed by atoms with Crippen molar-refractivity contribution in [2.75, 3.05) is 7.05 Å². The summed E-state index contributed by atoms with van der Waals surface area (Å²) < 4.78 is 6.96. The predicted octanol–water partition coefficient (Wildman–Crippen LogP) is 5.16. The van der Waals surface area contributed by atoms with Crippen LogP contribution >= 0.6 is 23.1 Å². The Morgan fingerprint density at radius 1 is 1.21 bits per heavy atom. The topological polar surface area (TPSA) is 59.2 Å². The molecule has 0 atom stereocenters. The van der Waals surface area contributed by atoms with Gasteiger partial charge in [-0.2, -0.15) is 0 Å². The number of hydrogen-bond donors (Lipinski definition) is 0. The molecule has 7 heteroatoms. The minimum Gasteiger partial charge on any atom is -0.451 e. The first-order valence-electron chi connectivity index (χ1n) is 8.82. The zero-order chi connectivity index (χ0) is 19.5. The van der Waals surface area contributed by atoms with E-state index >= 15 is 0 Å². The van der Waals surface area contributed by atoms with Gasteiger partial charge in [0.2, 0.25) is 0 Å². The molecule has 142 valence electrons. The zero-order valence-corrected chi connectivity index (χ0v) is 17.2. The van der Waals surface area contributed by atoms with Crippen LogP contribution in [-0.2, 0) is 12.3 Å². The molecule has 4 aromatic rings. The highest BCUT2D eigenvalue weighted by Gasteiger charge is 2.24. The van der Waals surface area contributed by atoms with E-state index in [0.717, 1.165) is 32.3 Å². The number of thioether (sulfide) groups is 1. The third-order valence-electron chi connectivity index (χ3n) is 4.30. The Hall–Kier alpha value is -2.64. The Labute approximate surface area is 171 Å². The van der Waals surface area contributed by atoms with Crippen LogP contribution in [0.15, 0.2) is 62.8 Å². The molecule has 0 bridgehead atoms. The SMILES string of the molecule is Cc1csc(SCc2c(C(=O)N(C)Cc3ccccn3)oc3ccccc23)n1. The van der Waals surface area contributed by atoms with Crippen molar-refractivity contribution in [2.45, 2.75) is 23.6 Å². The van der Waals surface area contributed by atoms with Crippen molar-refractivity contribution in [3.05, 3.63) is 76.8 Å². The number of aromatic nitrogens is 2. The molecule has 0 saturated heterocycles. The van der Waals surface area contributed by atoms with Gasteiger partial charge >= 0.3 is 0 Å². The van der Waals surface area contributed by atoms with Gasteiger partial charge in [-0.1, -0.05) is 36.0 Å². The third kappa shape index (κ3) is 3.95. The van der Waals surface area contributed by atoms with E-state index in [1.807, 2.05) is 54.8 Å². The van der Waals surface area contributed by atoms with E-state index < -0.39 is 0 Å². The van der Waals surface area contributed by atoms with Crippen LogP contribution in [0.4, 0.5) is 0 Å². The summed E-state index contributed by atoms with van der Waals surface area (Å²) in [6.07, 6.45) is 1.73. The molecule has 1 amide bonds. The average molecular weight is 410 g/mol. The predicted molar refractivity (Wildman–Crippen MR) is 113 cm³/mol. The van der Waals surface area contributed by atoms with Gasteiger partial charge in [-0.25, -0.2) is 4.98 Å². The third-order valence-corrected chi connectivity index (χ3v) is 6.47. The minimum atomic E-state index is -0.146. The van der Waals surface area contributed by atoms with Crippen molar-refractivity contribution in [2.24, 2.45) is 0 Å². The summed E-state index contributed by atoms with van der Waals surface area (Å²) in [6.45, 7) is 2.41. The number of thiazole rings is 1. The van der Waals surface area contributed by atoms with E-state index in [4.69, 9.17) is 4.42 Å². The maximum Gasteiger partial charge on any atom is 0.290 e. The Balaban J connectivity index is 1.62. The number of rotatable bonds is 6. The summed E-state index contributed by atoms with van der Waals surface area (Å²) in [5.74, 6) is 0.871. The lowest BCUT2D eigenvalue weighted by molar-refractivity contribution is 0.0753. The second kappa shape index (κ2) is 8.16. The van der Waals surface area contributed by atoms with E-state index in [0.29, 0.717) is 18.1 Å². The van der Waals surface area contributed by atoms with Gasteiger partial charge < -0.3 is 9.32 Å². The lowest BCUT2D eigenvalue weighted by Crippen LogP contribution is -2.27. The van der Waals surface area contributed by atoms with Crippen LogP contribution in [0.25, 0.3) is 11.0 Å². The number of carbonyl (C=O) groups is 1. The number of hydrogen-bond acceptors (Lipinski definition) is 6. The molecule has 0 fully saturated rings. The van der Waals surface area contributed by atoms with Gasteiger partial charge in [-0.05, 0) is 25.1 Å². The normalized spacial score (nSPS) is 11.1. The fourth-order valence-electron chi connectivity index (χ4n) is 2.93. The van der Waals surface area contributed by atoms with Crippen LogP contribution in [-0.4, -0.2) is 27.8 Å². The number of furan rings is 1. The fourth-order valence-corrected chi connectivity index (χ4v) is 4.80. The fraction of sp³-hybridized carbons (Fsp3) is 0.190. The van der Waals surface area contributed by atoms with E-state index in [1.165, 1.54) is 0 Å². The first kappa shape index (κ1) is 18.7. The van der Waals surface area contributed by atoms with Crippen molar-refractivity contribution >= 4 is 40.0 Å². The molecule has 0 radical (unpaired) electrons. The van der Waals surface area contributed by atoms with E-state index in [-0.39, 0.29) is 5.91 Å². The number of nitrogens with zero attached hydrogens (tertiary/aromatic N) is 3. The number of fused-ring (bicyclic) bond motifs is 1. The van der Waals surface area contributed by atoms with Gasteiger partial charge in [0.1, 0.15) is 9.92 Å². The van der Waals surface area contributed by atoms with Crippen molar-refractivity contribution in [1.29, 1.82) is 0 Å². The lowest BCUT2D eigenvalue weighted by atomic mass is 10.1. The zero-order valence-electron chi connectivity index (χ0n) is 15.6. The van der Waals surface area contributed by atoms with Gasteiger partial charge in [0.05, 0.1) is 12.2 Å². The minimum absolute atomic E-state index is 0.146. The summed E-state index contributed by atoms with van der Waals surface area (Å²) in [4.78, 5) is 23.6. The van der Waals surface area contributed by atoms with Gasteiger partial charge in [-0.3, -0.25) is 9.78 Å².